The number of phenols is 1. The van der Waals surface area contributed by atoms with Gasteiger partial charge >= 0.3 is 5.91 Å². The number of carbonyl (C=O) groups is 2. The van der Waals surface area contributed by atoms with E-state index < -0.39 is 17.7 Å². The number of fused-ring (bicyclic) bond motifs is 1. The summed E-state index contributed by atoms with van der Waals surface area (Å²) in [6.07, 6.45) is 1.73. The van der Waals surface area contributed by atoms with Crippen molar-refractivity contribution in [1.82, 2.24) is 19.6 Å². The number of hydrogen-bond donors (Lipinski definition) is 2. The lowest BCUT2D eigenvalue weighted by molar-refractivity contribution is -0.132. The Bertz CT molecular complexity index is 1760. The lowest BCUT2D eigenvalue weighted by Gasteiger charge is -2.22. The predicted molar refractivity (Wildman–Crippen MR) is 149 cm³/mol. The third kappa shape index (κ3) is 4.45. The zero-order valence-corrected chi connectivity index (χ0v) is 22.2. The molecule has 11 heteroatoms. The normalized spacial score (nSPS) is 16.8. The van der Waals surface area contributed by atoms with Crippen LogP contribution in [0.1, 0.15) is 28.6 Å². The minimum absolute atomic E-state index is 0.0413. The summed E-state index contributed by atoms with van der Waals surface area (Å²) in [6.45, 7) is 1.72. The molecule has 1 atom stereocenters. The van der Waals surface area contributed by atoms with Gasteiger partial charge in [0.15, 0.2) is 10.1 Å². The Labute approximate surface area is 231 Å². The molecule has 0 saturated carbocycles. The molecule has 1 amide bonds. The lowest BCUT2D eigenvalue weighted by Crippen LogP contribution is -2.29. The van der Waals surface area contributed by atoms with Gasteiger partial charge in [0.2, 0.25) is 5.13 Å². The molecule has 0 bridgehead atoms. The molecule has 2 N–H and O–H groups in total. The number of thioether (sulfide) groups is 1. The predicted octanol–water partition coefficient (Wildman–Crippen LogP) is 5.12. The first-order valence-electron chi connectivity index (χ1n) is 12.0. The van der Waals surface area contributed by atoms with Gasteiger partial charge < -0.3 is 10.2 Å². The Morgan fingerprint density at radius 2 is 1.82 bits per heavy atom. The number of anilines is 1. The second-order valence-corrected chi connectivity index (χ2v) is 11.0. The smallest absolute Gasteiger partial charge is 0.301 e. The van der Waals surface area contributed by atoms with Crippen LogP contribution in [-0.4, -0.2) is 41.5 Å². The Hall–Kier alpha value is -4.48. The number of imidazole rings is 1. The fourth-order valence-corrected chi connectivity index (χ4v) is 6.47. The molecule has 0 spiro atoms. The van der Waals surface area contributed by atoms with Crippen LogP contribution < -0.4 is 4.90 Å². The number of aliphatic hydroxyl groups excluding tert-OH is 1. The van der Waals surface area contributed by atoms with Crippen LogP contribution in [0.5, 0.6) is 5.75 Å². The van der Waals surface area contributed by atoms with E-state index in [9.17, 15) is 19.8 Å². The highest BCUT2D eigenvalue weighted by atomic mass is 32.2. The Morgan fingerprint density at radius 3 is 2.62 bits per heavy atom. The van der Waals surface area contributed by atoms with Crippen LogP contribution in [0.25, 0.3) is 11.4 Å². The molecule has 9 nitrogen and oxygen atoms in total. The van der Waals surface area contributed by atoms with E-state index in [0.29, 0.717) is 32.7 Å². The Balaban J connectivity index is 1.46. The molecule has 3 aromatic heterocycles. The van der Waals surface area contributed by atoms with E-state index in [4.69, 9.17) is 0 Å². The maximum atomic E-state index is 13.5. The first kappa shape index (κ1) is 24.8. The maximum Gasteiger partial charge on any atom is 0.301 e. The average molecular weight is 556 g/mol. The van der Waals surface area contributed by atoms with E-state index >= 15 is 0 Å². The van der Waals surface area contributed by atoms with E-state index in [-0.39, 0.29) is 22.2 Å². The molecule has 39 heavy (non-hydrogen) atoms. The van der Waals surface area contributed by atoms with Crippen molar-refractivity contribution in [2.24, 2.45) is 0 Å². The second kappa shape index (κ2) is 10.0. The summed E-state index contributed by atoms with van der Waals surface area (Å²) < 4.78 is 2.30. The number of phenolic OH excluding ortho intramolecular Hbond substituents is 1. The standard InChI is InChI=1S/C28H21N5O4S2/c1-16-22(32-13-6-5-12-20(32)29-16)24(35)21-23(18-10-7-11-19(34)14-18)33(26(37)25(21)36)27-30-31-28(39-27)38-15-17-8-3-2-4-9-17/h2-14,23,34-35H,15H2,1H3/b24-21+. The fraction of sp³-hybridized carbons (Fsp3) is 0.107. The van der Waals surface area contributed by atoms with Crippen molar-refractivity contribution in [3.8, 4) is 5.75 Å². The average Bonchev–Trinajstić information content (AvgIpc) is 3.61. The number of Topliss-reactive ketones (excluding diaryl/α,β-unsaturated/α-hetero) is 1. The van der Waals surface area contributed by atoms with E-state index in [1.54, 1.807) is 41.8 Å². The highest BCUT2D eigenvalue weighted by molar-refractivity contribution is 8.00. The summed E-state index contributed by atoms with van der Waals surface area (Å²) in [5.41, 5.74) is 2.83. The van der Waals surface area contributed by atoms with Crippen LogP contribution in [-0.2, 0) is 15.3 Å². The van der Waals surface area contributed by atoms with Gasteiger partial charge in [-0.25, -0.2) is 4.98 Å². The summed E-state index contributed by atoms with van der Waals surface area (Å²) in [7, 11) is 0. The van der Waals surface area contributed by atoms with E-state index in [1.807, 2.05) is 36.4 Å². The molecule has 0 aliphatic carbocycles. The number of nitrogens with zero attached hydrogens (tertiary/aromatic N) is 5. The number of aryl methyl sites for hydroxylation is 1. The topological polar surface area (TPSA) is 121 Å². The zero-order chi connectivity index (χ0) is 27.1. The SMILES string of the molecule is Cc1nc2ccccn2c1/C(O)=C1\C(=O)C(=O)N(c2nnc(SCc3ccccc3)s2)C1c1cccc(O)c1. The Kier molecular flexibility index (Phi) is 6.37. The number of aromatic nitrogens is 4. The molecule has 1 saturated heterocycles. The van der Waals surface area contributed by atoms with Gasteiger partial charge in [-0.15, -0.1) is 10.2 Å². The molecular formula is C28H21N5O4S2. The molecule has 5 aromatic rings. The molecule has 194 valence electrons. The first-order valence-corrected chi connectivity index (χ1v) is 13.8. The zero-order valence-electron chi connectivity index (χ0n) is 20.6. The van der Waals surface area contributed by atoms with Crippen molar-refractivity contribution < 1.29 is 19.8 Å². The van der Waals surface area contributed by atoms with Crippen LogP contribution in [0.15, 0.2) is 88.9 Å². The van der Waals surface area contributed by atoms with Crippen LogP contribution in [0.3, 0.4) is 0 Å². The molecule has 2 aromatic carbocycles. The van der Waals surface area contributed by atoms with Gasteiger partial charge in [-0.05, 0) is 42.3 Å². The third-order valence-corrected chi connectivity index (χ3v) is 8.49. The fourth-order valence-electron chi connectivity index (χ4n) is 4.64. The highest BCUT2D eigenvalue weighted by Crippen LogP contribution is 2.44. The minimum Gasteiger partial charge on any atom is -0.508 e. The number of ketones is 1. The van der Waals surface area contributed by atoms with Crippen LogP contribution >= 0.6 is 23.1 Å². The van der Waals surface area contributed by atoms with Gasteiger partial charge in [0.05, 0.1) is 17.3 Å². The molecule has 0 radical (unpaired) electrons. The summed E-state index contributed by atoms with van der Waals surface area (Å²) in [5, 5.41) is 30.5. The molecule has 6 rings (SSSR count). The maximum absolute atomic E-state index is 13.5. The number of carbonyl (C=O) groups excluding carboxylic acids is 2. The third-order valence-electron chi connectivity index (χ3n) is 6.37. The van der Waals surface area contributed by atoms with Crippen molar-refractivity contribution in [2.75, 3.05) is 4.90 Å². The number of aromatic hydroxyl groups is 1. The van der Waals surface area contributed by atoms with Crippen LogP contribution in [0.2, 0.25) is 0 Å². The number of amides is 1. The first-order chi connectivity index (χ1) is 18.9. The Morgan fingerprint density at radius 1 is 1.03 bits per heavy atom. The number of pyridine rings is 1. The van der Waals surface area contributed by atoms with Crippen molar-refractivity contribution in [2.45, 2.75) is 23.1 Å². The van der Waals surface area contributed by atoms with Crippen molar-refractivity contribution in [3.05, 3.63) is 107 Å². The van der Waals surface area contributed by atoms with Crippen molar-refractivity contribution >= 4 is 51.3 Å². The molecular weight excluding hydrogens is 534 g/mol. The van der Waals surface area contributed by atoms with Gasteiger partial charge in [0.1, 0.15) is 17.1 Å². The summed E-state index contributed by atoms with van der Waals surface area (Å²) in [6, 6.07) is 20.5. The molecule has 1 aliphatic rings. The summed E-state index contributed by atoms with van der Waals surface area (Å²) in [4.78, 5) is 32.7. The molecule has 1 fully saturated rings. The molecule has 4 heterocycles. The van der Waals surface area contributed by atoms with Gasteiger partial charge in [0.25, 0.3) is 5.78 Å². The largest absolute Gasteiger partial charge is 0.508 e. The monoisotopic (exact) mass is 555 g/mol. The number of rotatable bonds is 6. The van der Waals surface area contributed by atoms with Gasteiger partial charge in [0, 0.05) is 11.9 Å². The van der Waals surface area contributed by atoms with Gasteiger partial charge in [-0.2, -0.15) is 0 Å². The van der Waals surface area contributed by atoms with E-state index in [0.717, 1.165) is 5.56 Å². The minimum atomic E-state index is -1.04. The van der Waals surface area contributed by atoms with Crippen molar-refractivity contribution in [3.63, 3.8) is 0 Å². The summed E-state index contributed by atoms with van der Waals surface area (Å²) >= 11 is 2.66. The number of hydrogen-bond acceptors (Lipinski definition) is 9. The highest BCUT2D eigenvalue weighted by Gasteiger charge is 2.49. The lowest BCUT2D eigenvalue weighted by atomic mass is 9.96. The second-order valence-electron chi connectivity index (χ2n) is 8.86. The van der Waals surface area contributed by atoms with Crippen molar-refractivity contribution in [1.29, 1.82) is 0 Å². The molecule has 1 aliphatic heterocycles. The van der Waals surface area contributed by atoms with Crippen LogP contribution in [0.4, 0.5) is 5.13 Å². The van der Waals surface area contributed by atoms with Crippen LogP contribution in [0, 0.1) is 6.92 Å². The number of benzene rings is 2. The van der Waals surface area contributed by atoms with E-state index in [2.05, 4.69) is 15.2 Å². The summed E-state index contributed by atoms with van der Waals surface area (Å²) in [5.74, 6) is -1.44. The van der Waals surface area contributed by atoms with E-state index in [1.165, 1.54) is 40.1 Å². The number of aliphatic hydroxyl groups is 1. The van der Waals surface area contributed by atoms with Gasteiger partial charge in [-0.3, -0.25) is 18.9 Å². The quantitative estimate of drug-likeness (QED) is 0.0974. The van der Waals surface area contributed by atoms with Gasteiger partial charge in [-0.1, -0.05) is 71.6 Å². The molecule has 1 unspecified atom stereocenters.